The van der Waals surface area contributed by atoms with Crippen molar-refractivity contribution in [3.63, 3.8) is 0 Å². The molecule has 2 aromatic carbocycles. The molecule has 0 spiro atoms. The highest BCUT2D eigenvalue weighted by molar-refractivity contribution is 5.96. The Labute approximate surface area is 181 Å². The van der Waals surface area contributed by atoms with Gasteiger partial charge in [-0.1, -0.05) is 29.8 Å². The van der Waals surface area contributed by atoms with E-state index in [4.69, 9.17) is 0 Å². The largest absolute Gasteiger partial charge is 0.432 e. The summed E-state index contributed by atoms with van der Waals surface area (Å²) in [5.74, 6) is -1.78. The lowest BCUT2D eigenvalue weighted by Crippen LogP contribution is -2.20. The van der Waals surface area contributed by atoms with Gasteiger partial charge in [0.05, 0.1) is 11.4 Å². The molecule has 1 amide bonds. The molecule has 0 radical (unpaired) electrons. The first-order valence-electron chi connectivity index (χ1n) is 9.75. The highest BCUT2D eigenvalue weighted by atomic mass is 19.3. The van der Waals surface area contributed by atoms with Crippen LogP contribution in [-0.2, 0) is 11.3 Å². The van der Waals surface area contributed by atoms with Crippen LogP contribution >= 0.6 is 0 Å². The first-order chi connectivity index (χ1) is 15.3. The zero-order valence-corrected chi connectivity index (χ0v) is 17.3. The number of pyridine rings is 1. The number of aryl methyl sites for hydroxylation is 2. The zero-order chi connectivity index (χ0) is 22.8. The third-order valence-corrected chi connectivity index (χ3v) is 4.86. The molecule has 0 aliphatic heterocycles. The molecule has 32 heavy (non-hydrogen) atoms. The maximum Gasteiger partial charge on any atom is 0.387 e. The van der Waals surface area contributed by atoms with Gasteiger partial charge in [-0.15, -0.1) is 0 Å². The minimum absolute atomic E-state index is 0.0710. The second-order valence-electron chi connectivity index (χ2n) is 7.24. The molecular weight excluding hydrogens is 421 g/mol. The minimum atomic E-state index is -3.16. The first kappa shape index (κ1) is 21.4. The lowest BCUT2D eigenvalue weighted by atomic mass is 10.0. The summed E-state index contributed by atoms with van der Waals surface area (Å²) in [4.78, 5) is 17.0. The van der Waals surface area contributed by atoms with Crippen molar-refractivity contribution in [3.8, 4) is 16.9 Å². The van der Waals surface area contributed by atoms with Crippen LogP contribution in [0.3, 0.4) is 0 Å². The average molecular weight is 440 g/mol. The van der Waals surface area contributed by atoms with Crippen LogP contribution in [0.2, 0.25) is 0 Å². The van der Waals surface area contributed by atoms with E-state index in [0.717, 1.165) is 40.3 Å². The highest BCUT2D eigenvalue weighted by Gasteiger charge is 2.18. The predicted octanol–water partition coefficient (Wildman–Crippen LogP) is 5.09. The number of fused-ring (bicyclic) bond motifs is 1. The van der Waals surface area contributed by atoms with Gasteiger partial charge in [0.25, 0.3) is 0 Å². The molecule has 2 heterocycles. The molecule has 0 atom stereocenters. The number of benzene rings is 2. The number of nitrogens with one attached hydrogen (secondary N) is 1. The third-order valence-electron chi connectivity index (χ3n) is 4.86. The number of rotatable bonds is 6. The van der Waals surface area contributed by atoms with Crippen LogP contribution < -0.4 is 10.1 Å². The van der Waals surface area contributed by atoms with E-state index in [1.807, 2.05) is 38.1 Å². The van der Waals surface area contributed by atoms with Crippen LogP contribution in [0, 0.1) is 19.7 Å². The average Bonchev–Trinajstić information content (AvgIpc) is 3.05. The van der Waals surface area contributed by atoms with E-state index >= 15 is 0 Å². The molecule has 0 saturated heterocycles. The number of alkyl halides is 2. The smallest absolute Gasteiger partial charge is 0.387 e. The standard InChI is InChI=1S/C23H19F3N4O2/c1-13-4-3-5-15(10-13)17-8-9-27-22-21(17)14(2)29-30(22)12-20(31)28-18-7-6-16(24)11-19(18)32-23(25)26/h3-11,23H,12H2,1-2H3,(H,28,31). The van der Waals surface area contributed by atoms with Crippen LogP contribution in [-0.4, -0.2) is 27.3 Å². The van der Waals surface area contributed by atoms with Gasteiger partial charge in [-0.3, -0.25) is 4.79 Å². The Morgan fingerprint density at radius 1 is 1.16 bits per heavy atom. The van der Waals surface area contributed by atoms with E-state index in [1.165, 1.54) is 4.68 Å². The molecule has 9 heteroatoms. The van der Waals surface area contributed by atoms with E-state index in [-0.39, 0.29) is 12.2 Å². The summed E-state index contributed by atoms with van der Waals surface area (Å²) in [7, 11) is 0. The van der Waals surface area contributed by atoms with Crippen molar-refractivity contribution in [2.24, 2.45) is 0 Å². The van der Waals surface area contributed by atoms with Gasteiger partial charge in [0, 0.05) is 17.6 Å². The Morgan fingerprint density at radius 2 is 1.97 bits per heavy atom. The van der Waals surface area contributed by atoms with Crippen LogP contribution in [0.5, 0.6) is 5.75 Å². The molecule has 6 nitrogen and oxygen atoms in total. The van der Waals surface area contributed by atoms with Crippen molar-refractivity contribution in [1.82, 2.24) is 14.8 Å². The number of nitrogens with zero attached hydrogens (tertiary/aromatic N) is 3. The molecule has 4 aromatic rings. The maximum atomic E-state index is 13.4. The van der Waals surface area contributed by atoms with E-state index < -0.39 is 24.1 Å². The second kappa shape index (κ2) is 8.70. The lowest BCUT2D eigenvalue weighted by molar-refractivity contribution is -0.116. The van der Waals surface area contributed by atoms with Crippen LogP contribution in [0.1, 0.15) is 11.3 Å². The van der Waals surface area contributed by atoms with Gasteiger partial charge in [-0.05, 0) is 43.2 Å². The fourth-order valence-corrected chi connectivity index (χ4v) is 3.56. The summed E-state index contributed by atoms with van der Waals surface area (Å²) in [5.41, 5.74) is 4.19. The number of ether oxygens (including phenoxy) is 1. The quantitative estimate of drug-likeness (QED) is 0.453. The molecule has 164 valence electrons. The molecule has 4 rings (SSSR count). The molecule has 0 fully saturated rings. The molecule has 0 bridgehead atoms. The van der Waals surface area contributed by atoms with Crippen LogP contribution in [0.15, 0.2) is 54.7 Å². The second-order valence-corrected chi connectivity index (χ2v) is 7.24. The van der Waals surface area contributed by atoms with Gasteiger partial charge < -0.3 is 10.1 Å². The van der Waals surface area contributed by atoms with Crippen molar-refractivity contribution >= 4 is 22.6 Å². The Balaban J connectivity index is 1.63. The van der Waals surface area contributed by atoms with E-state index in [0.29, 0.717) is 11.3 Å². The third kappa shape index (κ3) is 4.41. The first-order valence-corrected chi connectivity index (χ1v) is 9.75. The van der Waals surface area contributed by atoms with Gasteiger partial charge in [-0.25, -0.2) is 14.1 Å². The zero-order valence-electron chi connectivity index (χ0n) is 17.3. The normalized spacial score (nSPS) is 11.2. The van der Waals surface area contributed by atoms with Gasteiger partial charge >= 0.3 is 6.61 Å². The molecule has 0 unspecified atom stereocenters. The molecular formula is C23H19F3N4O2. The summed E-state index contributed by atoms with van der Waals surface area (Å²) in [6.45, 7) is 0.450. The maximum absolute atomic E-state index is 13.4. The SMILES string of the molecule is Cc1cccc(-c2ccnc3c2c(C)nn3CC(=O)Nc2ccc(F)cc2OC(F)F)c1. The van der Waals surface area contributed by atoms with E-state index in [1.54, 1.807) is 6.20 Å². The van der Waals surface area contributed by atoms with Crippen molar-refractivity contribution in [3.05, 3.63) is 71.8 Å². The monoisotopic (exact) mass is 440 g/mol. The van der Waals surface area contributed by atoms with Crippen molar-refractivity contribution in [2.75, 3.05) is 5.32 Å². The van der Waals surface area contributed by atoms with E-state index in [9.17, 15) is 18.0 Å². The highest BCUT2D eigenvalue weighted by Crippen LogP contribution is 2.31. The number of carbonyl (C=O) groups excluding carboxylic acids is 1. The van der Waals surface area contributed by atoms with Crippen LogP contribution in [0.25, 0.3) is 22.2 Å². The van der Waals surface area contributed by atoms with Gasteiger partial charge in [-0.2, -0.15) is 13.9 Å². The minimum Gasteiger partial charge on any atom is -0.432 e. The number of anilines is 1. The molecule has 2 aromatic heterocycles. The number of amides is 1. The van der Waals surface area contributed by atoms with Gasteiger partial charge in [0.15, 0.2) is 11.4 Å². The summed E-state index contributed by atoms with van der Waals surface area (Å²) >= 11 is 0. The Kier molecular flexibility index (Phi) is 5.81. The van der Waals surface area contributed by atoms with Crippen molar-refractivity contribution in [1.29, 1.82) is 0 Å². The summed E-state index contributed by atoms with van der Waals surface area (Å²) in [6, 6.07) is 12.9. The van der Waals surface area contributed by atoms with Crippen molar-refractivity contribution in [2.45, 2.75) is 27.0 Å². The van der Waals surface area contributed by atoms with Gasteiger partial charge in [0.1, 0.15) is 12.4 Å². The number of hydrogen-bond donors (Lipinski definition) is 1. The summed E-state index contributed by atoms with van der Waals surface area (Å²) < 4.78 is 44.4. The number of aromatic nitrogens is 3. The molecule has 0 aliphatic rings. The summed E-state index contributed by atoms with van der Waals surface area (Å²) in [5, 5.41) is 7.73. The number of carbonyl (C=O) groups is 1. The van der Waals surface area contributed by atoms with Crippen LogP contribution in [0.4, 0.5) is 18.9 Å². The predicted molar refractivity (Wildman–Crippen MR) is 114 cm³/mol. The molecule has 1 N–H and O–H groups in total. The topological polar surface area (TPSA) is 69.0 Å². The Morgan fingerprint density at radius 3 is 2.72 bits per heavy atom. The summed E-state index contributed by atoms with van der Waals surface area (Å²) in [6.07, 6.45) is 1.64. The Hall–Kier alpha value is -3.88. The Bertz CT molecular complexity index is 1300. The molecule has 0 aliphatic carbocycles. The lowest BCUT2D eigenvalue weighted by Gasteiger charge is -2.12. The fraction of sp³-hybridized carbons (Fsp3) is 0.174. The molecule has 0 saturated carbocycles. The van der Waals surface area contributed by atoms with E-state index in [2.05, 4.69) is 26.2 Å². The van der Waals surface area contributed by atoms with Crippen molar-refractivity contribution < 1.29 is 22.7 Å². The number of halogens is 3. The van der Waals surface area contributed by atoms with Gasteiger partial charge in [0.2, 0.25) is 5.91 Å². The fourth-order valence-electron chi connectivity index (χ4n) is 3.56. The number of hydrogen-bond acceptors (Lipinski definition) is 4.